The average Bonchev–Trinajstić information content (AvgIpc) is 2.34. The topological polar surface area (TPSA) is 58.6 Å². The molecule has 0 aliphatic heterocycles. The molecule has 4 nitrogen and oxygen atoms in total. The van der Waals surface area contributed by atoms with Gasteiger partial charge in [0, 0.05) is 18.6 Å². The third-order valence-electron chi connectivity index (χ3n) is 4.02. The van der Waals surface area contributed by atoms with E-state index in [4.69, 9.17) is 9.84 Å². The minimum atomic E-state index is -1.14. The lowest BCUT2D eigenvalue weighted by atomic mass is 9.64. The Morgan fingerprint density at radius 3 is 2.74 bits per heavy atom. The highest BCUT2D eigenvalue weighted by atomic mass is 19.1. The molecule has 0 radical (unpaired) electrons. The number of hydrogen-bond donors (Lipinski definition) is 2. The largest absolute Gasteiger partial charge is 0.478 e. The summed E-state index contributed by atoms with van der Waals surface area (Å²) in [5.41, 5.74) is -0.147. The highest BCUT2D eigenvalue weighted by Gasteiger charge is 2.49. The zero-order valence-electron chi connectivity index (χ0n) is 11.2. The second-order valence-corrected chi connectivity index (χ2v) is 5.45. The number of carboxylic acids is 1. The Morgan fingerprint density at radius 1 is 1.53 bits per heavy atom. The molecule has 5 heteroatoms. The molecule has 1 aromatic carbocycles. The summed E-state index contributed by atoms with van der Waals surface area (Å²) in [6.45, 7) is 4.03. The van der Waals surface area contributed by atoms with Crippen LogP contribution in [0.15, 0.2) is 18.2 Å². The molecule has 1 fully saturated rings. The van der Waals surface area contributed by atoms with E-state index >= 15 is 0 Å². The van der Waals surface area contributed by atoms with Crippen LogP contribution in [0.5, 0.6) is 0 Å². The lowest BCUT2D eigenvalue weighted by Gasteiger charge is -2.51. The first-order chi connectivity index (χ1) is 8.87. The molecule has 1 aliphatic carbocycles. The van der Waals surface area contributed by atoms with Crippen molar-refractivity contribution in [1.82, 2.24) is 0 Å². The smallest absolute Gasteiger partial charge is 0.337 e. The van der Waals surface area contributed by atoms with E-state index in [1.54, 1.807) is 7.11 Å². The molecular weight excluding hydrogens is 249 g/mol. The number of benzene rings is 1. The number of carbonyl (C=O) groups is 1. The Balaban J connectivity index is 2.24. The van der Waals surface area contributed by atoms with E-state index in [1.165, 1.54) is 18.2 Å². The quantitative estimate of drug-likeness (QED) is 0.880. The van der Waals surface area contributed by atoms with Crippen LogP contribution in [0.3, 0.4) is 0 Å². The first kappa shape index (κ1) is 13.8. The maximum absolute atomic E-state index is 13.8. The van der Waals surface area contributed by atoms with Gasteiger partial charge < -0.3 is 15.2 Å². The van der Waals surface area contributed by atoms with E-state index < -0.39 is 11.8 Å². The van der Waals surface area contributed by atoms with E-state index in [-0.39, 0.29) is 28.8 Å². The summed E-state index contributed by atoms with van der Waals surface area (Å²) in [6, 6.07) is 4.04. The Morgan fingerprint density at radius 2 is 2.21 bits per heavy atom. The Hall–Kier alpha value is -1.62. The van der Waals surface area contributed by atoms with Gasteiger partial charge in [-0.2, -0.15) is 0 Å². The number of halogens is 1. The van der Waals surface area contributed by atoms with Crippen molar-refractivity contribution in [3.05, 3.63) is 29.6 Å². The molecule has 104 valence electrons. The molecule has 19 heavy (non-hydrogen) atoms. The van der Waals surface area contributed by atoms with Crippen molar-refractivity contribution in [2.75, 3.05) is 12.4 Å². The third-order valence-corrected chi connectivity index (χ3v) is 4.02. The summed E-state index contributed by atoms with van der Waals surface area (Å²) in [6.07, 6.45) is 0.835. The standard InChI is InChI=1S/C14H18FNO3/c1-14(2)10(7-11(14)19-3)16-12-8(13(17)18)5-4-6-9(12)15/h4-6,10-11,16H,7H2,1-3H3,(H,17,18). The molecular formula is C14H18FNO3. The third kappa shape index (κ3) is 2.30. The number of ether oxygens (including phenoxy) is 1. The predicted molar refractivity (Wildman–Crippen MR) is 70.0 cm³/mol. The van der Waals surface area contributed by atoms with Crippen LogP contribution >= 0.6 is 0 Å². The highest BCUT2D eigenvalue weighted by Crippen LogP contribution is 2.44. The van der Waals surface area contributed by atoms with Crippen molar-refractivity contribution in [2.24, 2.45) is 5.41 Å². The van der Waals surface area contributed by atoms with E-state index in [2.05, 4.69) is 5.32 Å². The fourth-order valence-corrected chi connectivity index (χ4v) is 2.55. The van der Waals surface area contributed by atoms with Crippen LogP contribution in [-0.2, 0) is 4.74 Å². The highest BCUT2D eigenvalue weighted by molar-refractivity contribution is 5.94. The summed E-state index contributed by atoms with van der Waals surface area (Å²) in [7, 11) is 1.65. The van der Waals surface area contributed by atoms with Gasteiger partial charge >= 0.3 is 5.97 Å². The monoisotopic (exact) mass is 267 g/mol. The van der Waals surface area contributed by atoms with Crippen LogP contribution < -0.4 is 5.32 Å². The maximum atomic E-state index is 13.8. The van der Waals surface area contributed by atoms with Crippen molar-refractivity contribution < 1.29 is 19.0 Å². The lowest BCUT2D eigenvalue weighted by molar-refractivity contribution is -0.0795. The van der Waals surface area contributed by atoms with Crippen molar-refractivity contribution in [1.29, 1.82) is 0 Å². The van der Waals surface area contributed by atoms with Crippen molar-refractivity contribution >= 4 is 11.7 Å². The van der Waals surface area contributed by atoms with Gasteiger partial charge in [0.1, 0.15) is 5.82 Å². The van der Waals surface area contributed by atoms with Gasteiger partial charge in [0.2, 0.25) is 0 Å². The zero-order valence-corrected chi connectivity index (χ0v) is 11.2. The van der Waals surface area contributed by atoms with Gasteiger partial charge in [-0.1, -0.05) is 19.9 Å². The molecule has 1 aromatic rings. The first-order valence-corrected chi connectivity index (χ1v) is 6.19. The number of anilines is 1. The second kappa shape index (κ2) is 4.81. The molecule has 0 heterocycles. The number of rotatable bonds is 4. The molecule has 0 spiro atoms. The summed E-state index contributed by atoms with van der Waals surface area (Å²) in [5, 5.41) is 12.1. The molecule has 1 aliphatic rings. The Kier molecular flexibility index (Phi) is 3.49. The molecule has 0 aromatic heterocycles. The van der Waals surface area contributed by atoms with Crippen LogP contribution in [0.25, 0.3) is 0 Å². The molecule has 0 amide bonds. The molecule has 1 saturated carbocycles. The fraction of sp³-hybridized carbons (Fsp3) is 0.500. The maximum Gasteiger partial charge on any atom is 0.337 e. The molecule has 2 rings (SSSR count). The zero-order chi connectivity index (χ0) is 14.2. The van der Waals surface area contributed by atoms with Crippen LogP contribution in [-0.4, -0.2) is 30.3 Å². The van der Waals surface area contributed by atoms with Gasteiger partial charge in [-0.25, -0.2) is 9.18 Å². The minimum Gasteiger partial charge on any atom is -0.478 e. The number of para-hydroxylation sites is 1. The number of carboxylic acid groups (broad SMARTS) is 1. The second-order valence-electron chi connectivity index (χ2n) is 5.45. The van der Waals surface area contributed by atoms with Crippen LogP contribution in [0.4, 0.5) is 10.1 Å². The van der Waals surface area contributed by atoms with Gasteiger partial charge in [-0.15, -0.1) is 0 Å². The van der Waals surface area contributed by atoms with Crippen LogP contribution in [0.1, 0.15) is 30.6 Å². The van der Waals surface area contributed by atoms with Crippen molar-refractivity contribution in [3.63, 3.8) is 0 Å². The summed E-state index contributed by atoms with van der Waals surface area (Å²) < 4.78 is 19.1. The molecule has 2 unspecified atom stereocenters. The Labute approximate surface area is 111 Å². The van der Waals surface area contributed by atoms with Gasteiger partial charge in [0.05, 0.1) is 17.4 Å². The van der Waals surface area contributed by atoms with Gasteiger partial charge in [0.15, 0.2) is 0 Å². The average molecular weight is 267 g/mol. The summed E-state index contributed by atoms with van der Waals surface area (Å²) >= 11 is 0. The van der Waals surface area contributed by atoms with E-state index in [0.29, 0.717) is 0 Å². The molecule has 2 atom stereocenters. The van der Waals surface area contributed by atoms with E-state index in [0.717, 1.165) is 6.42 Å². The van der Waals surface area contributed by atoms with Crippen LogP contribution in [0, 0.1) is 11.2 Å². The number of nitrogens with one attached hydrogen (secondary N) is 1. The number of hydrogen-bond acceptors (Lipinski definition) is 3. The SMILES string of the molecule is COC1CC(Nc2c(F)cccc2C(=O)O)C1(C)C. The molecule has 2 N–H and O–H groups in total. The van der Waals surface area contributed by atoms with Crippen molar-refractivity contribution in [3.8, 4) is 0 Å². The predicted octanol–water partition coefficient (Wildman–Crippen LogP) is 2.75. The Bertz CT molecular complexity index is 501. The van der Waals surface area contributed by atoms with Gasteiger partial charge in [0.25, 0.3) is 0 Å². The fourth-order valence-electron chi connectivity index (χ4n) is 2.55. The normalized spacial score (nSPS) is 24.6. The number of methoxy groups -OCH3 is 1. The molecule has 0 bridgehead atoms. The minimum absolute atomic E-state index is 0.00699. The molecule has 0 saturated heterocycles. The lowest BCUT2D eigenvalue weighted by Crippen LogP contribution is -2.57. The van der Waals surface area contributed by atoms with E-state index in [9.17, 15) is 9.18 Å². The van der Waals surface area contributed by atoms with Crippen molar-refractivity contribution in [2.45, 2.75) is 32.4 Å². The van der Waals surface area contributed by atoms with Crippen LogP contribution in [0.2, 0.25) is 0 Å². The number of aromatic carboxylic acids is 1. The summed E-state index contributed by atoms with van der Waals surface area (Å²) in [5.74, 6) is -1.68. The summed E-state index contributed by atoms with van der Waals surface area (Å²) in [4.78, 5) is 11.1. The first-order valence-electron chi connectivity index (χ1n) is 6.19. The van der Waals surface area contributed by atoms with E-state index in [1.807, 2.05) is 13.8 Å². The van der Waals surface area contributed by atoms with Gasteiger partial charge in [-0.3, -0.25) is 0 Å². The van der Waals surface area contributed by atoms with Gasteiger partial charge in [-0.05, 0) is 18.6 Å².